The van der Waals surface area contributed by atoms with E-state index in [4.69, 9.17) is 0 Å². The Hall–Kier alpha value is -3.38. The van der Waals surface area contributed by atoms with Crippen LogP contribution in [0.3, 0.4) is 0 Å². The Morgan fingerprint density at radius 3 is 2.62 bits per heavy atom. The fourth-order valence-electron chi connectivity index (χ4n) is 4.53. The largest absolute Gasteiger partial charge is 0.334 e. The summed E-state index contributed by atoms with van der Waals surface area (Å²) in [6.07, 6.45) is 9.59. The molecule has 0 amide bonds. The second-order valence-corrected chi connectivity index (χ2v) is 8.64. The number of piperidine rings is 1. The van der Waals surface area contributed by atoms with Crippen LogP contribution in [0.2, 0.25) is 0 Å². The van der Waals surface area contributed by atoms with Gasteiger partial charge in [-0.2, -0.15) is 0 Å². The molecule has 4 aromatic rings. The number of rotatable bonds is 6. The maximum absolute atomic E-state index is 13.0. The van der Waals surface area contributed by atoms with Crippen LogP contribution in [0.25, 0.3) is 22.0 Å². The first kappa shape index (κ1) is 20.5. The Balaban J connectivity index is 1.23. The van der Waals surface area contributed by atoms with Crippen LogP contribution in [0.1, 0.15) is 24.2 Å². The normalized spacial score (nSPS) is 15.3. The molecule has 1 aliphatic rings. The van der Waals surface area contributed by atoms with E-state index < -0.39 is 0 Å². The van der Waals surface area contributed by atoms with Gasteiger partial charge >= 0.3 is 0 Å². The molecule has 0 spiro atoms. The van der Waals surface area contributed by atoms with Crippen LogP contribution in [-0.4, -0.2) is 43.3 Å². The van der Waals surface area contributed by atoms with Gasteiger partial charge in [0.25, 0.3) is 0 Å². The van der Waals surface area contributed by atoms with E-state index in [1.165, 1.54) is 0 Å². The lowest BCUT2D eigenvalue weighted by Gasteiger charge is -2.30. The number of fused-ring (bicyclic) bond motifs is 1. The molecule has 0 unspecified atom stereocenters. The zero-order valence-corrected chi connectivity index (χ0v) is 18.3. The Bertz CT molecular complexity index is 1230. The molecule has 4 heterocycles. The van der Waals surface area contributed by atoms with Crippen molar-refractivity contribution in [3.05, 3.63) is 78.8 Å². The fraction of sp³-hybridized carbons (Fsp3) is 0.308. The Kier molecular flexibility index (Phi) is 5.77. The molecule has 1 fully saturated rings. The van der Waals surface area contributed by atoms with Gasteiger partial charge in [0.1, 0.15) is 5.78 Å². The number of carbonyl (C=O) groups is 1. The lowest BCUT2D eigenvalue weighted by molar-refractivity contribution is -0.123. The van der Waals surface area contributed by atoms with E-state index >= 15 is 0 Å². The average Bonchev–Trinajstić information content (AvgIpc) is 3.25. The molecule has 1 aromatic carbocycles. The van der Waals surface area contributed by atoms with Gasteiger partial charge in [0, 0.05) is 55.0 Å². The molecule has 6 nitrogen and oxygen atoms in total. The zero-order valence-electron chi connectivity index (χ0n) is 18.3. The summed E-state index contributed by atoms with van der Waals surface area (Å²) < 4.78 is 2.01. The van der Waals surface area contributed by atoms with Crippen molar-refractivity contribution in [2.24, 2.45) is 13.0 Å². The molecule has 0 saturated carbocycles. The number of Topliss-reactive ketones (excluding diaryl/α,β-unsaturated/α-hetero) is 1. The summed E-state index contributed by atoms with van der Waals surface area (Å²) in [7, 11) is 1.99. The molecular weight excluding hydrogens is 398 g/mol. The van der Waals surface area contributed by atoms with Gasteiger partial charge in [-0.1, -0.05) is 18.2 Å². The number of benzene rings is 1. The predicted molar refractivity (Wildman–Crippen MR) is 125 cm³/mol. The van der Waals surface area contributed by atoms with Crippen molar-refractivity contribution in [2.45, 2.75) is 25.8 Å². The first-order valence-corrected chi connectivity index (χ1v) is 11.2. The van der Waals surface area contributed by atoms with Gasteiger partial charge in [-0.25, -0.2) is 4.98 Å². The summed E-state index contributed by atoms with van der Waals surface area (Å²) in [4.78, 5) is 28.6. The second kappa shape index (κ2) is 9.01. The SMILES string of the molecule is Cn1cncc1-c1ccc2cnc(CC(=O)C3CCN(Cc4ccccn4)CC3)cc2c1. The van der Waals surface area contributed by atoms with E-state index in [2.05, 4.69) is 50.2 Å². The van der Waals surface area contributed by atoms with Gasteiger partial charge in [0.05, 0.1) is 23.9 Å². The molecule has 6 heteroatoms. The topological polar surface area (TPSA) is 63.9 Å². The van der Waals surface area contributed by atoms with E-state index in [9.17, 15) is 4.79 Å². The highest BCUT2D eigenvalue weighted by molar-refractivity contribution is 5.88. The van der Waals surface area contributed by atoms with Crippen LogP contribution < -0.4 is 0 Å². The summed E-state index contributed by atoms with van der Waals surface area (Å²) >= 11 is 0. The van der Waals surface area contributed by atoms with Gasteiger partial charge in [-0.05, 0) is 55.6 Å². The minimum atomic E-state index is 0.119. The lowest BCUT2D eigenvalue weighted by atomic mass is 9.90. The van der Waals surface area contributed by atoms with Gasteiger partial charge in [-0.3, -0.25) is 19.7 Å². The number of aryl methyl sites for hydroxylation is 1. The first-order valence-electron chi connectivity index (χ1n) is 11.2. The first-order chi connectivity index (χ1) is 15.7. The van der Waals surface area contributed by atoms with E-state index in [0.717, 1.165) is 65.9 Å². The number of hydrogen-bond donors (Lipinski definition) is 0. The molecule has 0 radical (unpaired) electrons. The summed E-state index contributed by atoms with van der Waals surface area (Å²) in [5.74, 6) is 0.422. The molecule has 1 aliphatic heterocycles. The van der Waals surface area contributed by atoms with Crippen LogP contribution in [0.15, 0.2) is 67.4 Å². The van der Waals surface area contributed by atoms with Crippen LogP contribution in [0.5, 0.6) is 0 Å². The standard InChI is InChI=1S/C26H27N5O/c1-30-18-27-16-25(30)20-5-6-21-15-29-24(13-22(21)12-20)14-26(32)19-7-10-31(11-8-19)17-23-4-2-3-9-28-23/h2-6,9,12-13,15-16,18-19H,7-8,10-11,14,17H2,1H3. The Labute approximate surface area is 188 Å². The summed E-state index contributed by atoms with van der Waals surface area (Å²) in [5, 5.41) is 2.18. The van der Waals surface area contributed by atoms with E-state index in [1.807, 2.05) is 42.3 Å². The highest BCUT2D eigenvalue weighted by atomic mass is 16.1. The van der Waals surface area contributed by atoms with Crippen molar-refractivity contribution in [3.8, 4) is 11.3 Å². The van der Waals surface area contributed by atoms with Crippen molar-refractivity contribution in [1.82, 2.24) is 24.4 Å². The Morgan fingerprint density at radius 1 is 1.00 bits per heavy atom. The number of pyridine rings is 2. The lowest BCUT2D eigenvalue weighted by Crippen LogP contribution is -2.36. The van der Waals surface area contributed by atoms with Gasteiger partial charge < -0.3 is 4.57 Å². The fourth-order valence-corrected chi connectivity index (χ4v) is 4.53. The molecule has 5 rings (SSSR count). The predicted octanol–water partition coefficient (Wildman–Crippen LogP) is 4.05. The minimum absolute atomic E-state index is 0.119. The number of ketones is 1. The van der Waals surface area contributed by atoms with Gasteiger partial charge in [-0.15, -0.1) is 0 Å². The molecule has 0 atom stereocenters. The number of likely N-dealkylation sites (tertiary alicyclic amines) is 1. The molecule has 0 aliphatic carbocycles. The summed E-state index contributed by atoms with van der Waals surface area (Å²) in [5.41, 5.74) is 4.11. The Morgan fingerprint density at radius 2 is 1.88 bits per heavy atom. The number of aromatic nitrogens is 4. The van der Waals surface area contributed by atoms with Gasteiger partial charge in [0.2, 0.25) is 0 Å². The maximum Gasteiger partial charge on any atom is 0.142 e. The molecular formula is C26H27N5O. The molecule has 3 aromatic heterocycles. The van der Waals surface area contributed by atoms with E-state index in [0.29, 0.717) is 12.2 Å². The number of imidazole rings is 1. The quantitative estimate of drug-likeness (QED) is 0.466. The summed E-state index contributed by atoms with van der Waals surface area (Å²) in [6.45, 7) is 2.73. The molecule has 0 N–H and O–H groups in total. The maximum atomic E-state index is 13.0. The van der Waals surface area contributed by atoms with Crippen molar-refractivity contribution >= 4 is 16.6 Å². The van der Waals surface area contributed by atoms with Crippen molar-refractivity contribution in [3.63, 3.8) is 0 Å². The van der Waals surface area contributed by atoms with Crippen LogP contribution >= 0.6 is 0 Å². The smallest absolute Gasteiger partial charge is 0.142 e. The van der Waals surface area contributed by atoms with Crippen LogP contribution in [-0.2, 0) is 24.8 Å². The summed E-state index contributed by atoms with van der Waals surface area (Å²) in [6, 6.07) is 14.4. The third-order valence-corrected chi connectivity index (χ3v) is 6.40. The second-order valence-electron chi connectivity index (χ2n) is 8.64. The average molecular weight is 426 g/mol. The zero-order chi connectivity index (χ0) is 21.9. The molecule has 0 bridgehead atoms. The third kappa shape index (κ3) is 4.46. The highest BCUT2D eigenvalue weighted by Crippen LogP contribution is 2.25. The van der Waals surface area contributed by atoms with Crippen LogP contribution in [0.4, 0.5) is 0 Å². The van der Waals surface area contributed by atoms with Crippen LogP contribution in [0, 0.1) is 5.92 Å². The number of carbonyl (C=O) groups excluding carboxylic acids is 1. The van der Waals surface area contributed by atoms with Crippen molar-refractivity contribution in [1.29, 1.82) is 0 Å². The van der Waals surface area contributed by atoms with Crippen molar-refractivity contribution < 1.29 is 4.79 Å². The van der Waals surface area contributed by atoms with E-state index in [1.54, 1.807) is 6.33 Å². The van der Waals surface area contributed by atoms with Crippen molar-refractivity contribution in [2.75, 3.05) is 13.1 Å². The molecule has 162 valence electrons. The molecule has 32 heavy (non-hydrogen) atoms. The van der Waals surface area contributed by atoms with E-state index in [-0.39, 0.29) is 5.92 Å². The van der Waals surface area contributed by atoms with Gasteiger partial charge in [0.15, 0.2) is 0 Å². The third-order valence-electron chi connectivity index (χ3n) is 6.40. The molecule has 1 saturated heterocycles. The minimum Gasteiger partial charge on any atom is -0.334 e. The number of nitrogens with zero attached hydrogens (tertiary/aromatic N) is 5. The highest BCUT2D eigenvalue weighted by Gasteiger charge is 2.25. The monoisotopic (exact) mass is 425 g/mol. The number of hydrogen-bond acceptors (Lipinski definition) is 5.